The number of carbonyl (C=O) groups is 3. The SMILES string of the molecule is COc1cc(/C=C2\C(=O)NC(=O)N(c3ccc(C)cc3)C2=O)cc(Cl)c1OCc1ccccc1. The van der Waals surface area contributed by atoms with Crippen molar-refractivity contribution in [1.29, 1.82) is 0 Å². The standard InChI is InChI=1S/C26H21ClN2O5/c1-16-8-10-19(11-9-16)29-25(31)20(24(30)28-26(29)32)12-18-13-21(27)23(22(14-18)33-2)34-15-17-6-4-3-5-7-17/h3-14H,15H2,1-2H3,(H,28,30,32)/b20-12+. The number of hydrogen-bond donors (Lipinski definition) is 1. The highest BCUT2D eigenvalue weighted by atomic mass is 35.5. The molecule has 1 fully saturated rings. The van der Waals surface area contributed by atoms with Gasteiger partial charge in [0, 0.05) is 0 Å². The Bertz CT molecular complexity index is 1290. The fourth-order valence-corrected chi connectivity index (χ4v) is 3.72. The molecule has 4 amide bonds. The van der Waals surface area contributed by atoms with Crippen molar-refractivity contribution in [3.05, 3.63) is 94.0 Å². The zero-order valence-electron chi connectivity index (χ0n) is 18.5. The maximum atomic E-state index is 13.1. The first kappa shape index (κ1) is 23.1. The first-order valence-electron chi connectivity index (χ1n) is 10.4. The Balaban J connectivity index is 1.64. The molecular formula is C26H21ClN2O5. The molecule has 3 aromatic rings. The molecule has 0 radical (unpaired) electrons. The van der Waals surface area contributed by atoms with Gasteiger partial charge in [-0.15, -0.1) is 0 Å². The predicted octanol–water partition coefficient (Wildman–Crippen LogP) is 4.90. The molecule has 0 saturated carbocycles. The summed E-state index contributed by atoms with van der Waals surface area (Å²) in [5.74, 6) is -0.855. The van der Waals surface area contributed by atoms with Crippen molar-refractivity contribution in [2.24, 2.45) is 0 Å². The van der Waals surface area contributed by atoms with Crippen molar-refractivity contribution in [3.8, 4) is 11.5 Å². The molecule has 0 aliphatic carbocycles. The van der Waals surface area contributed by atoms with E-state index < -0.39 is 17.8 Å². The lowest BCUT2D eigenvalue weighted by molar-refractivity contribution is -0.122. The molecule has 0 bridgehead atoms. The van der Waals surface area contributed by atoms with Gasteiger partial charge in [0.25, 0.3) is 11.8 Å². The molecule has 1 heterocycles. The van der Waals surface area contributed by atoms with E-state index in [1.807, 2.05) is 37.3 Å². The van der Waals surface area contributed by atoms with Crippen molar-refractivity contribution in [2.45, 2.75) is 13.5 Å². The van der Waals surface area contributed by atoms with Gasteiger partial charge in [-0.3, -0.25) is 14.9 Å². The number of carbonyl (C=O) groups excluding carboxylic acids is 3. The molecule has 1 aliphatic rings. The smallest absolute Gasteiger partial charge is 0.335 e. The molecular weight excluding hydrogens is 456 g/mol. The highest BCUT2D eigenvalue weighted by Gasteiger charge is 2.36. The van der Waals surface area contributed by atoms with E-state index >= 15 is 0 Å². The van der Waals surface area contributed by atoms with Gasteiger partial charge in [-0.2, -0.15) is 0 Å². The molecule has 0 unspecified atom stereocenters. The van der Waals surface area contributed by atoms with Crippen LogP contribution in [0.5, 0.6) is 11.5 Å². The number of methoxy groups -OCH3 is 1. The fourth-order valence-electron chi connectivity index (χ4n) is 3.45. The van der Waals surface area contributed by atoms with Gasteiger partial charge in [0.15, 0.2) is 11.5 Å². The molecule has 0 aromatic heterocycles. The third-order valence-electron chi connectivity index (χ3n) is 5.18. The van der Waals surface area contributed by atoms with Gasteiger partial charge in [-0.25, -0.2) is 9.69 Å². The normalized spacial score (nSPS) is 14.9. The molecule has 1 aliphatic heterocycles. The fraction of sp³-hybridized carbons (Fsp3) is 0.115. The molecule has 1 saturated heterocycles. The van der Waals surface area contributed by atoms with Gasteiger partial charge in [-0.1, -0.05) is 59.6 Å². The van der Waals surface area contributed by atoms with E-state index in [9.17, 15) is 14.4 Å². The summed E-state index contributed by atoms with van der Waals surface area (Å²) in [6.45, 7) is 2.17. The van der Waals surface area contributed by atoms with Crippen molar-refractivity contribution in [2.75, 3.05) is 12.0 Å². The number of amides is 4. The largest absolute Gasteiger partial charge is 0.493 e. The van der Waals surface area contributed by atoms with Gasteiger partial charge in [0.05, 0.1) is 17.8 Å². The quantitative estimate of drug-likeness (QED) is 0.404. The van der Waals surface area contributed by atoms with Gasteiger partial charge in [-0.05, 0) is 48.4 Å². The van der Waals surface area contributed by atoms with Crippen LogP contribution in [-0.2, 0) is 16.2 Å². The number of aryl methyl sites for hydroxylation is 1. The van der Waals surface area contributed by atoms with E-state index in [1.165, 1.54) is 13.2 Å². The number of rotatable bonds is 6. The highest BCUT2D eigenvalue weighted by Crippen LogP contribution is 2.38. The molecule has 8 heteroatoms. The first-order chi connectivity index (χ1) is 16.4. The Labute approximate surface area is 201 Å². The van der Waals surface area contributed by atoms with Crippen molar-refractivity contribution >= 4 is 41.2 Å². The number of barbiturate groups is 1. The zero-order chi connectivity index (χ0) is 24.2. The summed E-state index contributed by atoms with van der Waals surface area (Å²) in [7, 11) is 1.47. The van der Waals surface area contributed by atoms with E-state index in [0.717, 1.165) is 16.0 Å². The minimum Gasteiger partial charge on any atom is -0.493 e. The van der Waals surface area contributed by atoms with Gasteiger partial charge in [0.2, 0.25) is 0 Å². The molecule has 172 valence electrons. The lowest BCUT2D eigenvalue weighted by atomic mass is 10.1. The summed E-state index contributed by atoms with van der Waals surface area (Å²) in [6, 6.07) is 18.7. The number of anilines is 1. The predicted molar refractivity (Wildman–Crippen MR) is 129 cm³/mol. The van der Waals surface area contributed by atoms with Crippen LogP contribution < -0.4 is 19.7 Å². The maximum absolute atomic E-state index is 13.1. The monoisotopic (exact) mass is 476 g/mol. The summed E-state index contributed by atoms with van der Waals surface area (Å²) in [6.07, 6.45) is 1.36. The molecule has 3 aromatic carbocycles. The number of halogens is 1. The van der Waals surface area contributed by atoms with E-state index in [-0.39, 0.29) is 17.2 Å². The van der Waals surface area contributed by atoms with Crippen molar-refractivity contribution in [1.82, 2.24) is 5.32 Å². The van der Waals surface area contributed by atoms with Crippen LogP contribution >= 0.6 is 11.6 Å². The van der Waals surface area contributed by atoms with Crippen LogP contribution in [0.25, 0.3) is 6.08 Å². The van der Waals surface area contributed by atoms with Crippen molar-refractivity contribution in [3.63, 3.8) is 0 Å². The van der Waals surface area contributed by atoms with Crippen LogP contribution in [-0.4, -0.2) is 25.0 Å². The lowest BCUT2D eigenvalue weighted by Gasteiger charge is -2.26. The second kappa shape index (κ2) is 9.80. The van der Waals surface area contributed by atoms with E-state index in [4.69, 9.17) is 21.1 Å². The Kier molecular flexibility index (Phi) is 6.65. The number of urea groups is 1. The number of nitrogens with one attached hydrogen (secondary N) is 1. The zero-order valence-corrected chi connectivity index (χ0v) is 19.3. The summed E-state index contributed by atoms with van der Waals surface area (Å²) in [4.78, 5) is 38.9. The average Bonchev–Trinajstić information content (AvgIpc) is 2.82. The molecule has 4 rings (SSSR count). The molecule has 34 heavy (non-hydrogen) atoms. The number of ether oxygens (including phenoxy) is 2. The summed E-state index contributed by atoms with van der Waals surface area (Å²) in [5, 5.41) is 2.45. The van der Waals surface area contributed by atoms with Crippen LogP contribution in [0.3, 0.4) is 0 Å². The number of nitrogens with zero attached hydrogens (tertiary/aromatic N) is 1. The first-order valence-corrected chi connectivity index (χ1v) is 10.8. The third kappa shape index (κ3) is 4.79. The van der Waals surface area contributed by atoms with Gasteiger partial charge >= 0.3 is 6.03 Å². The summed E-state index contributed by atoms with van der Waals surface area (Å²) in [5.41, 5.74) is 2.50. The number of hydrogen-bond acceptors (Lipinski definition) is 5. The summed E-state index contributed by atoms with van der Waals surface area (Å²) < 4.78 is 11.3. The maximum Gasteiger partial charge on any atom is 0.335 e. The third-order valence-corrected chi connectivity index (χ3v) is 5.46. The number of benzene rings is 3. The second-order valence-electron chi connectivity index (χ2n) is 7.60. The Morgan fingerprint density at radius 2 is 1.71 bits per heavy atom. The molecule has 7 nitrogen and oxygen atoms in total. The van der Waals surface area contributed by atoms with Crippen LogP contribution in [0.4, 0.5) is 10.5 Å². The van der Waals surface area contributed by atoms with Crippen LogP contribution in [0, 0.1) is 6.92 Å². The van der Waals surface area contributed by atoms with Crippen LogP contribution in [0.2, 0.25) is 5.02 Å². The molecule has 1 N–H and O–H groups in total. The van der Waals surface area contributed by atoms with E-state index in [0.29, 0.717) is 22.7 Å². The Morgan fingerprint density at radius 3 is 2.38 bits per heavy atom. The average molecular weight is 477 g/mol. The van der Waals surface area contributed by atoms with Crippen LogP contribution in [0.15, 0.2) is 72.3 Å². The number of imide groups is 2. The van der Waals surface area contributed by atoms with Gasteiger partial charge < -0.3 is 9.47 Å². The topological polar surface area (TPSA) is 84.9 Å². The molecule has 0 atom stereocenters. The summed E-state index contributed by atoms with van der Waals surface area (Å²) >= 11 is 6.45. The highest BCUT2D eigenvalue weighted by molar-refractivity contribution is 6.39. The minimum atomic E-state index is -0.809. The van der Waals surface area contributed by atoms with E-state index in [2.05, 4.69) is 5.32 Å². The molecule has 0 spiro atoms. The van der Waals surface area contributed by atoms with E-state index in [1.54, 1.807) is 36.4 Å². The van der Waals surface area contributed by atoms with Gasteiger partial charge in [0.1, 0.15) is 12.2 Å². The van der Waals surface area contributed by atoms with Crippen LogP contribution in [0.1, 0.15) is 16.7 Å². The lowest BCUT2D eigenvalue weighted by Crippen LogP contribution is -2.54. The van der Waals surface area contributed by atoms with Crippen molar-refractivity contribution < 1.29 is 23.9 Å². The Hall–Kier alpha value is -4.10. The minimum absolute atomic E-state index is 0.212. The Morgan fingerprint density at radius 1 is 1.00 bits per heavy atom. The second-order valence-corrected chi connectivity index (χ2v) is 8.01.